The Bertz CT molecular complexity index is 1250. The van der Waals surface area contributed by atoms with E-state index in [0.29, 0.717) is 19.3 Å². The first kappa shape index (κ1) is 66.1. The van der Waals surface area contributed by atoms with Crippen molar-refractivity contribution in [3.63, 3.8) is 0 Å². The summed E-state index contributed by atoms with van der Waals surface area (Å²) in [6, 6.07) is 0. The average molecular weight is 966 g/mol. The molecular weight excluding hydrogens is 853 g/mol. The van der Waals surface area contributed by atoms with Gasteiger partial charge in [-0.15, -0.1) is 0 Å². The van der Waals surface area contributed by atoms with Gasteiger partial charge in [-0.25, -0.2) is 0 Å². The fourth-order valence-corrected chi connectivity index (χ4v) is 8.49. The molecule has 0 aromatic heterocycles. The van der Waals surface area contributed by atoms with Crippen molar-refractivity contribution in [2.75, 3.05) is 13.2 Å². The third-order valence-corrected chi connectivity index (χ3v) is 13.0. The van der Waals surface area contributed by atoms with E-state index in [4.69, 9.17) is 14.2 Å². The normalized spacial score (nSPS) is 12.4. The molecule has 6 heteroatoms. The maximum absolute atomic E-state index is 12.8. The molecule has 1 atom stereocenters. The predicted molar refractivity (Wildman–Crippen MR) is 298 cm³/mol. The molecule has 0 N–H and O–H groups in total. The summed E-state index contributed by atoms with van der Waals surface area (Å²) < 4.78 is 16.9. The minimum atomic E-state index is -0.782. The standard InChI is InChI=1S/C63H112O6/c1-4-7-10-13-16-19-22-24-26-28-29-30-31-32-33-35-36-38-41-44-47-50-53-56-62(65)68-59-60(58-67-61(64)55-52-49-46-43-40-21-18-15-12-9-6-3)69-63(66)57-54-51-48-45-42-39-37-34-27-25-23-20-17-14-11-8-5-2/h8,11,15,17-18,20,25,27-29,60H,4-7,9-10,12-14,16,19,21-24,26,30-59H2,1-3H3/b11-8-,18-15-,20-17-,27-25-,29-28-. The Morgan fingerprint density at radius 1 is 0.304 bits per heavy atom. The highest BCUT2D eigenvalue weighted by atomic mass is 16.6. The van der Waals surface area contributed by atoms with E-state index >= 15 is 0 Å². The van der Waals surface area contributed by atoms with Crippen molar-refractivity contribution in [3.8, 4) is 0 Å². The highest BCUT2D eigenvalue weighted by Gasteiger charge is 2.19. The predicted octanol–water partition coefficient (Wildman–Crippen LogP) is 20.0. The number of carbonyl (C=O) groups excluding carboxylic acids is 3. The van der Waals surface area contributed by atoms with E-state index in [2.05, 4.69) is 81.5 Å². The van der Waals surface area contributed by atoms with Crippen LogP contribution in [0.1, 0.15) is 303 Å². The molecule has 6 nitrogen and oxygen atoms in total. The molecule has 0 heterocycles. The Kier molecular flexibility index (Phi) is 55.3. The Morgan fingerprint density at radius 3 is 0.942 bits per heavy atom. The van der Waals surface area contributed by atoms with Gasteiger partial charge in [0, 0.05) is 19.3 Å². The largest absolute Gasteiger partial charge is 0.462 e. The van der Waals surface area contributed by atoms with Gasteiger partial charge in [0.2, 0.25) is 0 Å². The first-order valence-corrected chi connectivity index (χ1v) is 29.8. The molecule has 0 aliphatic rings. The van der Waals surface area contributed by atoms with Crippen LogP contribution in [0, 0.1) is 0 Å². The zero-order valence-electron chi connectivity index (χ0n) is 45.8. The molecule has 400 valence electrons. The van der Waals surface area contributed by atoms with Crippen molar-refractivity contribution in [2.45, 2.75) is 309 Å². The van der Waals surface area contributed by atoms with Gasteiger partial charge in [-0.05, 0) is 96.3 Å². The molecule has 1 unspecified atom stereocenters. The van der Waals surface area contributed by atoms with Gasteiger partial charge in [0.05, 0.1) is 0 Å². The fraction of sp³-hybridized carbons (Fsp3) is 0.794. The van der Waals surface area contributed by atoms with E-state index in [0.717, 1.165) is 89.9 Å². The smallest absolute Gasteiger partial charge is 0.306 e. The van der Waals surface area contributed by atoms with Gasteiger partial charge >= 0.3 is 17.9 Å². The SMILES string of the molecule is CC/C=C\C/C=C\C/C=C\CCCCCCCCCC(=O)OC(COC(=O)CCCCCCC/C=C\CCCC)COC(=O)CCCCCCCCCCCCC/C=C\CCCCCCCCCC. The number of hydrogen-bond donors (Lipinski definition) is 0. The summed E-state index contributed by atoms with van der Waals surface area (Å²) in [6.45, 7) is 6.50. The molecule has 0 amide bonds. The summed E-state index contributed by atoms with van der Waals surface area (Å²) >= 11 is 0. The second-order valence-electron chi connectivity index (χ2n) is 19.9. The Balaban J connectivity index is 4.27. The van der Waals surface area contributed by atoms with Crippen LogP contribution < -0.4 is 0 Å². The molecule has 0 saturated carbocycles. The zero-order chi connectivity index (χ0) is 50.0. The molecular formula is C63H112O6. The lowest BCUT2D eigenvalue weighted by molar-refractivity contribution is -0.167. The van der Waals surface area contributed by atoms with E-state index in [9.17, 15) is 14.4 Å². The van der Waals surface area contributed by atoms with Crippen molar-refractivity contribution >= 4 is 17.9 Å². The lowest BCUT2D eigenvalue weighted by Gasteiger charge is -2.18. The van der Waals surface area contributed by atoms with Crippen molar-refractivity contribution in [2.24, 2.45) is 0 Å². The maximum atomic E-state index is 12.8. The van der Waals surface area contributed by atoms with E-state index in [1.807, 2.05) is 0 Å². The van der Waals surface area contributed by atoms with Crippen molar-refractivity contribution in [1.82, 2.24) is 0 Å². The van der Waals surface area contributed by atoms with Crippen LogP contribution in [0.5, 0.6) is 0 Å². The molecule has 0 radical (unpaired) electrons. The molecule has 0 saturated heterocycles. The quantitative estimate of drug-likeness (QED) is 0.0262. The minimum absolute atomic E-state index is 0.0800. The Hall–Kier alpha value is -2.89. The highest BCUT2D eigenvalue weighted by Crippen LogP contribution is 2.16. The van der Waals surface area contributed by atoms with Crippen LogP contribution in [0.2, 0.25) is 0 Å². The lowest BCUT2D eigenvalue weighted by atomic mass is 10.0. The van der Waals surface area contributed by atoms with Crippen LogP contribution >= 0.6 is 0 Å². The van der Waals surface area contributed by atoms with Gasteiger partial charge in [0.25, 0.3) is 0 Å². The van der Waals surface area contributed by atoms with Crippen LogP contribution in [0.15, 0.2) is 60.8 Å². The van der Waals surface area contributed by atoms with Crippen LogP contribution in [0.4, 0.5) is 0 Å². The molecule has 0 bridgehead atoms. The van der Waals surface area contributed by atoms with Gasteiger partial charge in [-0.2, -0.15) is 0 Å². The minimum Gasteiger partial charge on any atom is -0.462 e. The fourth-order valence-electron chi connectivity index (χ4n) is 8.49. The Morgan fingerprint density at radius 2 is 0.580 bits per heavy atom. The third kappa shape index (κ3) is 55.9. The van der Waals surface area contributed by atoms with E-state index in [1.54, 1.807) is 0 Å². The molecule has 0 aromatic rings. The zero-order valence-corrected chi connectivity index (χ0v) is 45.8. The van der Waals surface area contributed by atoms with Crippen LogP contribution in [0.25, 0.3) is 0 Å². The summed E-state index contributed by atoms with van der Waals surface area (Å²) in [6.07, 6.45) is 72.2. The highest BCUT2D eigenvalue weighted by molar-refractivity contribution is 5.71. The molecule has 0 aromatic carbocycles. The molecule has 0 spiro atoms. The first-order valence-electron chi connectivity index (χ1n) is 29.8. The first-order chi connectivity index (χ1) is 34.0. The van der Waals surface area contributed by atoms with E-state index in [1.165, 1.54) is 173 Å². The van der Waals surface area contributed by atoms with Gasteiger partial charge in [0.1, 0.15) is 13.2 Å². The second kappa shape index (κ2) is 57.7. The number of esters is 3. The summed E-state index contributed by atoms with van der Waals surface area (Å²) in [5, 5.41) is 0. The van der Waals surface area contributed by atoms with Gasteiger partial charge < -0.3 is 14.2 Å². The number of hydrogen-bond acceptors (Lipinski definition) is 6. The van der Waals surface area contributed by atoms with Crippen molar-refractivity contribution in [3.05, 3.63) is 60.8 Å². The summed E-state index contributed by atoms with van der Waals surface area (Å²) in [7, 11) is 0. The van der Waals surface area contributed by atoms with Gasteiger partial charge in [-0.3, -0.25) is 14.4 Å². The van der Waals surface area contributed by atoms with Crippen LogP contribution in [-0.2, 0) is 28.6 Å². The molecule has 69 heavy (non-hydrogen) atoms. The van der Waals surface area contributed by atoms with Crippen LogP contribution in [-0.4, -0.2) is 37.2 Å². The molecule has 0 aliphatic carbocycles. The summed E-state index contributed by atoms with van der Waals surface area (Å²) in [4.78, 5) is 38.1. The maximum Gasteiger partial charge on any atom is 0.306 e. The number of unbranched alkanes of at least 4 members (excludes halogenated alkanes) is 33. The third-order valence-electron chi connectivity index (χ3n) is 13.0. The summed E-state index contributed by atoms with van der Waals surface area (Å²) in [5.41, 5.74) is 0. The number of carbonyl (C=O) groups is 3. The molecule has 0 fully saturated rings. The lowest BCUT2D eigenvalue weighted by Crippen LogP contribution is -2.30. The number of allylic oxidation sites excluding steroid dienone is 10. The number of ether oxygens (including phenoxy) is 3. The molecule has 0 rings (SSSR count). The average Bonchev–Trinajstić information content (AvgIpc) is 3.35. The monoisotopic (exact) mass is 965 g/mol. The number of rotatable bonds is 54. The van der Waals surface area contributed by atoms with Crippen molar-refractivity contribution in [1.29, 1.82) is 0 Å². The summed E-state index contributed by atoms with van der Waals surface area (Å²) in [5.74, 6) is -0.890. The van der Waals surface area contributed by atoms with E-state index in [-0.39, 0.29) is 31.1 Å². The van der Waals surface area contributed by atoms with Crippen LogP contribution in [0.3, 0.4) is 0 Å². The topological polar surface area (TPSA) is 78.9 Å². The van der Waals surface area contributed by atoms with Gasteiger partial charge in [-0.1, -0.05) is 248 Å². The second-order valence-corrected chi connectivity index (χ2v) is 19.9. The van der Waals surface area contributed by atoms with E-state index < -0.39 is 6.10 Å². The van der Waals surface area contributed by atoms with Gasteiger partial charge in [0.15, 0.2) is 6.10 Å². The Labute approximate surface area is 428 Å². The molecule has 0 aliphatic heterocycles. The van der Waals surface area contributed by atoms with Crippen molar-refractivity contribution < 1.29 is 28.6 Å².